The van der Waals surface area contributed by atoms with Crippen molar-refractivity contribution in [2.45, 2.75) is 77.4 Å². The summed E-state index contributed by atoms with van der Waals surface area (Å²) in [5.41, 5.74) is 3.34. The van der Waals surface area contributed by atoms with Crippen molar-refractivity contribution in [2.24, 2.45) is 11.8 Å². The number of anilines is 1. The zero-order chi connectivity index (χ0) is 29.0. The normalized spacial score (nSPS) is 25.2. The third-order valence-electron chi connectivity index (χ3n) is 8.75. The van der Waals surface area contributed by atoms with E-state index in [-0.39, 0.29) is 23.3 Å². The van der Waals surface area contributed by atoms with Gasteiger partial charge in [0, 0.05) is 36.6 Å². The Morgan fingerprint density at radius 1 is 1.02 bits per heavy atom. The van der Waals surface area contributed by atoms with Gasteiger partial charge in [0.15, 0.2) is 0 Å². The molecule has 1 aliphatic carbocycles. The quantitative estimate of drug-likeness (QED) is 0.464. The van der Waals surface area contributed by atoms with Gasteiger partial charge in [0.25, 0.3) is 5.91 Å². The third-order valence-corrected chi connectivity index (χ3v) is 10.3. The second-order valence-corrected chi connectivity index (χ2v) is 14.0. The molecule has 0 saturated heterocycles. The zero-order valence-corrected chi connectivity index (χ0v) is 25.2. The number of nitrogens with one attached hydrogen (secondary N) is 2. The van der Waals surface area contributed by atoms with Crippen LogP contribution in [0.2, 0.25) is 5.02 Å². The van der Waals surface area contributed by atoms with Crippen molar-refractivity contribution >= 4 is 39.1 Å². The minimum absolute atomic E-state index is 0.0290. The van der Waals surface area contributed by atoms with E-state index < -0.39 is 15.9 Å². The van der Waals surface area contributed by atoms with E-state index in [0.717, 1.165) is 75.7 Å². The lowest BCUT2D eigenvalue weighted by Gasteiger charge is -2.45. The molecule has 1 fully saturated rings. The molecule has 2 aromatic rings. The van der Waals surface area contributed by atoms with Crippen LogP contribution in [0.15, 0.2) is 36.4 Å². The molecule has 8 nitrogen and oxygen atoms in total. The Balaban J connectivity index is 1.51. The first-order valence-electron chi connectivity index (χ1n) is 14.8. The summed E-state index contributed by atoms with van der Waals surface area (Å²) in [7, 11) is -3.77. The number of sulfonamides is 1. The van der Waals surface area contributed by atoms with Crippen molar-refractivity contribution in [1.82, 2.24) is 10.0 Å². The number of halogens is 1. The van der Waals surface area contributed by atoms with Crippen LogP contribution in [0.4, 0.5) is 5.69 Å². The summed E-state index contributed by atoms with van der Waals surface area (Å²) in [6.07, 6.45) is 7.76. The van der Waals surface area contributed by atoms with Crippen molar-refractivity contribution in [3.05, 3.63) is 58.1 Å². The third kappa shape index (κ3) is 7.55. The van der Waals surface area contributed by atoms with E-state index in [1.807, 2.05) is 18.2 Å². The van der Waals surface area contributed by atoms with Gasteiger partial charge in [-0.1, -0.05) is 30.5 Å². The molecule has 3 atom stereocenters. The fraction of sp³-hybridized carbons (Fsp3) is 0.548. The van der Waals surface area contributed by atoms with E-state index in [1.54, 1.807) is 25.1 Å². The summed E-state index contributed by atoms with van der Waals surface area (Å²) in [5.74, 6) is 0.643. The minimum atomic E-state index is -3.77. The minimum Gasteiger partial charge on any atom is -0.487 e. The molecule has 0 radical (unpaired) electrons. The van der Waals surface area contributed by atoms with Crippen LogP contribution >= 0.6 is 11.6 Å². The molecule has 10 heteroatoms. The van der Waals surface area contributed by atoms with Crippen LogP contribution in [0.5, 0.6) is 5.75 Å². The predicted octanol–water partition coefficient (Wildman–Crippen LogP) is 5.23. The zero-order valence-electron chi connectivity index (χ0n) is 23.7. The Kier molecular flexibility index (Phi) is 9.44. The number of benzene rings is 2. The molecule has 2 aromatic carbocycles. The summed E-state index contributed by atoms with van der Waals surface area (Å²) in [6, 6.07) is 11.1. The fourth-order valence-electron chi connectivity index (χ4n) is 6.45. The predicted molar refractivity (Wildman–Crippen MR) is 161 cm³/mol. The number of hydrogen-bond donors (Lipinski definition) is 2. The van der Waals surface area contributed by atoms with E-state index in [4.69, 9.17) is 16.3 Å². The Labute approximate surface area is 248 Å². The van der Waals surface area contributed by atoms with Crippen molar-refractivity contribution in [2.75, 3.05) is 23.7 Å². The van der Waals surface area contributed by atoms with E-state index in [2.05, 4.69) is 14.9 Å². The molecular weight excluding hydrogens is 562 g/mol. The van der Waals surface area contributed by atoms with E-state index >= 15 is 0 Å². The van der Waals surface area contributed by atoms with Crippen molar-refractivity contribution in [3.63, 3.8) is 0 Å². The van der Waals surface area contributed by atoms with Crippen LogP contribution in [0, 0.1) is 11.8 Å². The van der Waals surface area contributed by atoms with Crippen LogP contribution in [0.1, 0.15) is 79.8 Å². The molecule has 222 valence electrons. The van der Waals surface area contributed by atoms with Crippen LogP contribution in [-0.2, 0) is 27.8 Å². The van der Waals surface area contributed by atoms with Gasteiger partial charge in [-0.25, -0.2) is 13.1 Å². The Bertz CT molecular complexity index is 1380. The first kappa shape index (κ1) is 29.7. The highest BCUT2D eigenvalue weighted by Gasteiger charge is 2.38. The molecule has 2 heterocycles. The van der Waals surface area contributed by atoms with Crippen LogP contribution in [0.25, 0.3) is 0 Å². The molecule has 1 saturated carbocycles. The maximum atomic E-state index is 13.1. The number of nitrogens with zero attached hydrogens (tertiary/aromatic N) is 1. The molecule has 2 amide bonds. The second kappa shape index (κ2) is 13.0. The Morgan fingerprint density at radius 3 is 2.66 bits per heavy atom. The van der Waals surface area contributed by atoms with Crippen LogP contribution in [-0.4, -0.2) is 45.1 Å². The molecule has 0 spiro atoms. The molecule has 2 N–H and O–H groups in total. The Morgan fingerprint density at radius 2 is 1.88 bits per heavy atom. The summed E-state index contributed by atoms with van der Waals surface area (Å²) in [5, 5.41) is 3.91. The standard InChI is InChI=1S/C31H40ClN3O5S/c1-21(36)33-28-8-3-2-6-16-41(38,39)34-31(37)23-11-14-30-29(18-23)35(19-24-10-13-27(24)28)15-5-4-7-22-17-26(32)12-9-25(22)20-40-30/h9,11-12,14,17-18,24,27-28H,2-8,10,13,15-16,19-20H2,1H3,(H,33,36)(H,34,37)/t24-,27+,28-/m0/s1. The van der Waals surface area contributed by atoms with Crippen LogP contribution in [0.3, 0.4) is 0 Å². The van der Waals surface area contributed by atoms with E-state index in [1.165, 1.54) is 5.56 Å². The highest BCUT2D eigenvalue weighted by atomic mass is 35.5. The van der Waals surface area contributed by atoms with Crippen molar-refractivity contribution in [1.29, 1.82) is 0 Å². The van der Waals surface area contributed by atoms with Gasteiger partial charge in [0.05, 0.1) is 11.4 Å². The Hall–Kier alpha value is -2.78. The molecule has 0 aromatic heterocycles. The van der Waals surface area contributed by atoms with Gasteiger partial charge in [0.2, 0.25) is 15.9 Å². The van der Waals surface area contributed by atoms with Crippen molar-refractivity contribution < 1.29 is 22.7 Å². The number of rotatable bonds is 1. The molecule has 2 aliphatic heterocycles. The summed E-state index contributed by atoms with van der Waals surface area (Å²) < 4.78 is 34.1. The largest absolute Gasteiger partial charge is 0.487 e. The molecule has 3 aliphatic rings. The molecule has 0 unspecified atom stereocenters. The lowest BCUT2D eigenvalue weighted by atomic mass is 9.68. The van der Waals surface area contributed by atoms with Crippen LogP contribution < -0.4 is 19.7 Å². The monoisotopic (exact) mass is 601 g/mol. The molecular formula is C31H40ClN3O5S. The first-order valence-corrected chi connectivity index (χ1v) is 16.8. The van der Waals surface area contributed by atoms with Gasteiger partial charge >= 0.3 is 0 Å². The molecule has 41 heavy (non-hydrogen) atoms. The number of aryl methyl sites for hydroxylation is 1. The fourth-order valence-corrected chi connectivity index (χ4v) is 7.73. The van der Waals surface area contributed by atoms with Gasteiger partial charge in [-0.15, -0.1) is 0 Å². The SMILES string of the molecule is CC(=O)N[C@H]1CCCCCS(=O)(=O)NC(=O)c2ccc3c(c2)N(CCCCc2cc(Cl)ccc2CO3)C[C@@H]2CC[C@H]21. The van der Waals surface area contributed by atoms with E-state index in [9.17, 15) is 18.0 Å². The van der Waals surface area contributed by atoms with Gasteiger partial charge in [-0.3, -0.25) is 9.59 Å². The molecule has 2 bridgehead atoms. The number of ether oxygens (including phenoxy) is 1. The maximum absolute atomic E-state index is 13.1. The lowest BCUT2D eigenvalue weighted by Crippen LogP contribution is -2.50. The van der Waals surface area contributed by atoms with Gasteiger partial charge in [-0.2, -0.15) is 0 Å². The number of amides is 2. The number of carbonyl (C=O) groups excluding carboxylic acids is 2. The number of carbonyl (C=O) groups is 2. The maximum Gasteiger partial charge on any atom is 0.264 e. The van der Waals surface area contributed by atoms with E-state index in [0.29, 0.717) is 35.6 Å². The smallest absolute Gasteiger partial charge is 0.264 e. The second-order valence-electron chi connectivity index (χ2n) is 11.7. The summed E-state index contributed by atoms with van der Waals surface area (Å²) >= 11 is 6.30. The van der Waals surface area contributed by atoms with Gasteiger partial charge in [0.1, 0.15) is 12.4 Å². The first-order chi connectivity index (χ1) is 19.7. The average Bonchev–Trinajstić information content (AvgIpc) is 2.92. The van der Waals surface area contributed by atoms with Gasteiger partial charge < -0.3 is 15.0 Å². The topological polar surface area (TPSA) is 105 Å². The van der Waals surface area contributed by atoms with Gasteiger partial charge in [-0.05, 0) is 98.2 Å². The van der Waals surface area contributed by atoms with Crippen molar-refractivity contribution in [3.8, 4) is 5.75 Å². The number of fused-ring (bicyclic) bond motifs is 3. The highest BCUT2D eigenvalue weighted by molar-refractivity contribution is 7.90. The lowest BCUT2D eigenvalue weighted by molar-refractivity contribution is -0.120. The highest BCUT2D eigenvalue weighted by Crippen LogP contribution is 2.41. The summed E-state index contributed by atoms with van der Waals surface area (Å²) in [4.78, 5) is 27.5. The average molecular weight is 602 g/mol. The summed E-state index contributed by atoms with van der Waals surface area (Å²) in [6.45, 7) is 3.48. The number of hydrogen-bond acceptors (Lipinski definition) is 6. The molecule has 5 rings (SSSR count).